The maximum absolute atomic E-state index is 12.5. The van der Waals surface area contributed by atoms with Gasteiger partial charge in [0.2, 0.25) is 0 Å². The van der Waals surface area contributed by atoms with E-state index in [1.54, 1.807) is 0 Å². The molecule has 45 heavy (non-hydrogen) atoms. The number of nitrogen functional groups attached to an aromatic ring is 1. The van der Waals surface area contributed by atoms with E-state index in [9.17, 15) is 4.79 Å². The van der Waals surface area contributed by atoms with Gasteiger partial charge < -0.3 is 20.7 Å². The number of carbonyl (C=O) groups excluding carboxylic acids is 1. The van der Waals surface area contributed by atoms with E-state index in [1.165, 1.54) is 11.1 Å². The van der Waals surface area contributed by atoms with Crippen molar-refractivity contribution in [1.82, 2.24) is 25.1 Å². The summed E-state index contributed by atoms with van der Waals surface area (Å²) in [7, 11) is 0. The fraction of sp³-hybridized carbons (Fsp3) is 0.686. The van der Waals surface area contributed by atoms with Crippen LogP contribution in [0.15, 0.2) is 35.1 Å². The maximum atomic E-state index is 12.5. The van der Waals surface area contributed by atoms with Crippen molar-refractivity contribution in [3.63, 3.8) is 0 Å². The number of anilines is 2. The summed E-state index contributed by atoms with van der Waals surface area (Å²) in [5.74, 6) is 1.44. The molecule has 1 aromatic heterocycles. The predicted octanol–water partition coefficient (Wildman–Crippen LogP) is 6.85. The number of likely N-dealkylation sites (tertiary alicyclic amines) is 1. The quantitative estimate of drug-likeness (QED) is 0.199. The third-order valence-electron chi connectivity index (χ3n) is 8.58. The van der Waals surface area contributed by atoms with Gasteiger partial charge in [0.15, 0.2) is 22.5 Å². The molecule has 1 unspecified atom stereocenters. The molecule has 9 nitrogen and oxygen atoms in total. The van der Waals surface area contributed by atoms with Crippen LogP contribution in [0.1, 0.15) is 105 Å². The minimum Gasteiger partial charge on any atom is -0.494 e. The number of halogens is 1. The van der Waals surface area contributed by atoms with Crippen molar-refractivity contribution in [3.05, 3.63) is 46.0 Å². The number of rotatable bonds is 11. The molecule has 0 spiro atoms. The molecule has 1 saturated carbocycles. The lowest BCUT2D eigenvalue weighted by atomic mass is 9.98. The lowest BCUT2D eigenvalue weighted by Crippen LogP contribution is -2.58. The minimum absolute atomic E-state index is 0.117. The van der Waals surface area contributed by atoms with Gasteiger partial charge in [-0.2, -0.15) is 0 Å². The maximum Gasteiger partial charge on any atom is 0.274 e. The van der Waals surface area contributed by atoms with Crippen LogP contribution in [-0.2, 0) is 4.74 Å². The summed E-state index contributed by atoms with van der Waals surface area (Å²) in [5, 5.41) is 3.15. The number of hydrogen-bond donors (Lipinski definition) is 2. The first kappa shape index (κ1) is 38.6. The zero-order chi connectivity index (χ0) is 33.5. The molecule has 2 aliphatic heterocycles. The molecular weight excluding hydrogens is 586 g/mol. The number of ether oxygens (including phenoxy) is 1. The van der Waals surface area contributed by atoms with E-state index in [4.69, 9.17) is 22.1 Å². The Labute approximate surface area is 278 Å². The van der Waals surface area contributed by atoms with Gasteiger partial charge in [-0.25, -0.2) is 9.97 Å². The molecule has 0 bridgehead atoms. The van der Waals surface area contributed by atoms with E-state index in [0.717, 1.165) is 77.1 Å². The first-order chi connectivity index (χ1) is 21.7. The van der Waals surface area contributed by atoms with Crippen LogP contribution >= 0.6 is 11.6 Å². The van der Waals surface area contributed by atoms with E-state index < -0.39 is 0 Å². The Morgan fingerprint density at radius 3 is 2.29 bits per heavy atom. The second-order valence-corrected chi connectivity index (χ2v) is 11.9. The van der Waals surface area contributed by atoms with Crippen LogP contribution in [0.4, 0.5) is 11.6 Å². The van der Waals surface area contributed by atoms with Crippen LogP contribution in [0.25, 0.3) is 0 Å². The third-order valence-corrected chi connectivity index (χ3v) is 8.84. The van der Waals surface area contributed by atoms with Crippen molar-refractivity contribution in [2.75, 3.05) is 56.5 Å². The van der Waals surface area contributed by atoms with Crippen LogP contribution in [0.3, 0.4) is 0 Å². The zero-order valence-corrected chi connectivity index (χ0v) is 30.2. The Morgan fingerprint density at radius 2 is 1.71 bits per heavy atom. The summed E-state index contributed by atoms with van der Waals surface area (Å²) in [6.45, 7) is 24.9. The van der Waals surface area contributed by atoms with E-state index >= 15 is 0 Å². The van der Waals surface area contributed by atoms with Gasteiger partial charge in [0.25, 0.3) is 5.91 Å². The molecule has 3 fully saturated rings. The van der Waals surface area contributed by atoms with Crippen molar-refractivity contribution < 1.29 is 9.53 Å². The minimum atomic E-state index is -0.297. The highest BCUT2D eigenvalue weighted by atomic mass is 35.5. The Kier molecular flexibility index (Phi) is 17.0. The molecule has 4 rings (SSSR count). The SMILES string of the molecule is C/C=C\C(=C/C)CO/C(C)=C(\C)CN1CCC(N2CCN(c3nc(N)c(C(=O)NC4CC4)nc3Cl)CC2CC)CC1.CC.CC. The molecule has 0 aromatic carbocycles. The molecule has 1 atom stereocenters. The average molecular weight is 646 g/mol. The predicted molar refractivity (Wildman–Crippen MR) is 190 cm³/mol. The molecule has 3 N–H and O–H groups in total. The molecule has 254 valence electrons. The lowest BCUT2D eigenvalue weighted by Gasteiger charge is -2.47. The number of nitrogens with one attached hydrogen (secondary N) is 1. The highest BCUT2D eigenvalue weighted by molar-refractivity contribution is 6.32. The number of nitrogens with two attached hydrogens (primary N) is 1. The van der Waals surface area contributed by atoms with E-state index in [2.05, 4.69) is 62.9 Å². The van der Waals surface area contributed by atoms with Crippen molar-refractivity contribution in [2.45, 2.75) is 113 Å². The van der Waals surface area contributed by atoms with Crippen molar-refractivity contribution in [3.8, 4) is 0 Å². The summed E-state index contributed by atoms with van der Waals surface area (Å²) < 4.78 is 6.07. The highest BCUT2D eigenvalue weighted by Gasteiger charge is 2.35. The van der Waals surface area contributed by atoms with Gasteiger partial charge in [-0.05, 0) is 84.0 Å². The molecule has 10 heteroatoms. The molecule has 1 aromatic rings. The summed E-state index contributed by atoms with van der Waals surface area (Å²) in [4.78, 5) is 28.8. The van der Waals surface area contributed by atoms with Gasteiger partial charge in [0, 0.05) is 44.3 Å². The Morgan fingerprint density at radius 1 is 1.04 bits per heavy atom. The van der Waals surface area contributed by atoms with Gasteiger partial charge >= 0.3 is 0 Å². The topological polar surface area (TPSA) is 99.9 Å². The molecule has 1 aliphatic carbocycles. The Balaban J connectivity index is 0.00000169. The fourth-order valence-electron chi connectivity index (χ4n) is 5.79. The zero-order valence-electron chi connectivity index (χ0n) is 29.5. The molecule has 1 amide bonds. The first-order valence-electron chi connectivity index (χ1n) is 17.2. The molecule has 3 aliphatic rings. The molecule has 3 heterocycles. The van der Waals surface area contributed by atoms with Crippen LogP contribution < -0.4 is 16.0 Å². The van der Waals surface area contributed by atoms with Crippen molar-refractivity contribution >= 4 is 29.1 Å². The highest BCUT2D eigenvalue weighted by Crippen LogP contribution is 2.30. The Hall–Kier alpha value is -2.62. The smallest absolute Gasteiger partial charge is 0.274 e. The second kappa shape index (κ2) is 19.8. The van der Waals surface area contributed by atoms with Crippen LogP contribution in [-0.4, -0.2) is 89.7 Å². The summed E-state index contributed by atoms with van der Waals surface area (Å²) >= 11 is 6.55. The van der Waals surface area contributed by atoms with Crippen LogP contribution in [0, 0.1) is 0 Å². The van der Waals surface area contributed by atoms with E-state index in [1.807, 2.05) is 47.6 Å². The summed E-state index contributed by atoms with van der Waals surface area (Å²) in [6, 6.07) is 1.18. The number of nitrogens with zero attached hydrogens (tertiary/aromatic N) is 5. The number of amides is 1. The number of piperazine rings is 1. The monoisotopic (exact) mass is 645 g/mol. The second-order valence-electron chi connectivity index (χ2n) is 11.6. The van der Waals surface area contributed by atoms with Crippen molar-refractivity contribution in [1.29, 1.82) is 0 Å². The largest absolute Gasteiger partial charge is 0.494 e. The third kappa shape index (κ3) is 11.3. The van der Waals surface area contributed by atoms with Gasteiger partial charge in [-0.1, -0.05) is 64.4 Å². The number of hydrogen-bond acceptors (Lipinski definition) is 8. The van der Waals surface area contributed by atoms with E-state index in [0.29, 0.717) is 24.5 Å². The van der Waals surface area contributed by atoms with Gasteiger partial charge in [0.05, 0.1) is 5.76 Å². The average Bonchev–Trinajstić information content (AvgIpc) is 3.89. The summed E-state index contributed by atoms with van der Waals surface area (Å²) in [5.41, 5.74) is 8.78. The molecule has 0 radical (unpaired) electrons. The van der Waals surface area contributed by atoms with Gasteiger partial charge in [0.1, 0.15) is 6.61 Å². The van der Waals surface area contributed by atoms with Crippen molar-refractivity contribution in [2.24, 2.45) is 0 Å². The Bertz CT molecular complexity index is 1160. The number of piperidine rings is 1. The van der Waals surface area contributed by atoms with Gasteiger partial charge in [-0.3, -0.25) is 14.6 Å². The van der Waals surface area contributed by atoms with Gasteiger partial charge in [-0.15, -0.1) is 0 Å². The molecule has 2 saturated heterocycles. The summed E-state index contributed by atoms with van der Waals surface area (Å²) in [6.07, 6.45) is 11.6. The van der Waals surface area contributed by atoms with Crippen LogP contribution in [0.2, 0.25) is 5.15 Å². The lowest BCUT2D eigenvalue weighted by molar-refractivity contribution is 0.0653. The number of allylic oxidation sites excluding steroid dienone is 3. The standard InChI is InChI=1S/C31H48ClN7O2.2C2H6/c1-6-9-23(7-2)20-41-22(5)21(4)18-37-14-12-26(13-15-37)39-17-16-38(19-25(39)8-3)30-28(32)35-27(29(33)36-30)31(40)34-24-10-11-24;2*1-2/h6-7,9,24-26H,8,10-20H2,1-5H3,(H2,33,36)(H,34,40);2*1-2H3/b9-6-,22-21+,23-7+;;. The first-order valence-corrected chi connectivity index (χ1v) is 17.6. The van der Waals surface area contributed by atoms with Crippen LogP contribution in [0.5, 0.6) is 0 Å². The normalized spacial score (nSPS) is 20.5. The molecular formula is C35H60ClN7O2. The van der Waals surface area contributed by atoms with E-state index in [-0.39, 0.29) is 28.6 Å². The number of carbonyl (C=O) groups is 1. The number of aromatic nitrogens is 2. The fourth-order valence-corrected chi connectivity index (χ4v) is 6.03.